The van der Waals surface area contributed by atoms with Crippen LogP contribution in [-0.4, -0.2) is 9.78 Å². The average molecular weight is 178 g/mol. The van der Waals surface area contributed by atoms with Gasteiger partial charge in [-0.1, -0.05) is 19.8 Å². The summed E-state index contributed by atoms with van der Waals surface area (Å²) in [6, 6.07) is 2.19. The minimum Gasteiger partial charge on any atom is -0.270 e. The molecular formula is C11H18N2. The van der Waals surface area contributed by atoms with Gasteiger partial charge in [0, 0.05) is 24.4 Å². The molecule has 0 aliphatic heterocycles. The lowest BCUT2D eigenvalue weighted by molar-refractivity contribution is 0.483. The number of hydrogen-bond acceptors (Lipinski definition) is 1. The molecule has 72 valence electrons. The standard InChI is InChI=1S/C11H18N2/c1-3-13-11(7-8-12-13)10-6-4-5-9(10)2/h7-10H,3-6H2,1-2H3/t9-,10-/m0/s1. The van der Waals surface area contributed by atoms with Gasteiger partial charge in [0.25, 0.3) is 0 Å². The SMILES string of the molecule is CCn1nccc1[C@H]1CCC[C@@H]1C. The van der Waals surface area contributed by atoms with Crippen LogP contribution in [-0.2, 0) is 6.54 Å². The number of hydrogen-bond donors (Lipinski definition) is 0. The Balaban J connectivity index is 2.23. The molecule has 1 aliphatic carbocycles. The second kappa shape index (κ2) is 3.52. The molecule has 0 amide bonds. The maximum Gasteiger partial charge on any atom is 0.0492 e. The lowest BCUT2D eigenvalue weighted by atomic mass is 9.95. The summed E-state index contributed by atoms with van der Waals surface area (Å²) < 4.78 is 2.15. The van der Waals surface area contributed by atoms with Crippen molar-refractivity contribution in [2.45, 2.75) is 45.6 Å². The van der Waals surface area contributed by atoms with Crippen LogP contribution in [0.15, 0.2) is 12.3 Å². The van der Waals surface area contributed by atoms with Gasteiger partial charge in [-0.05, 0) is 25.3 Å². The zero-order valence-electron chi connectivity index (χ0n) is 8.53. The maximum absolute atomic E-state index is 4.33. The highest BCUT2D eigenvalue weighted by Gasteiger charge is 2.26. The van der Waals surface area contributed by atoms with Gasteiger partial charge < -0.3 is 0 Å². The molecule has 0 radical (unpaired) electrons. The third kappa shape index (κ3) is 1.50. The molecule has 1 aromatic heterocycles. The minimum atomic E-state index is 0.766. The van der Waals surface area contributed by atoms with E-state index in [9.17, 15) is 0 Å². The lowest BCUT2D eigenvalue weighted by Crippen LogP contribution is -2.10. The van der Waals surface area contributed by atoms with E-state index in [1.807, 2.05) is 6.20 Å². The predicted octanol–water partition coefficient (Wildman–Crippen LogP) is 2.81. The Labute approximate surface area is 80.0 Å². The Morgan fingerprint density at radius 2 is 2.38 bits per heavy atom. The van der Waals surface area contributed by atoms with Crippen molar-refractivity contribution in [3.63, 3.8) is 0 Å². The summed E-state index contributed by atoms with van der Waals surface area (Å²) in [4.78, 5) is 0. The second-order valence-corrected chi connectivity index (χ2v) is 4.09. The largest absolute Gasteiger partial charge is 0.270 e. The lowest BCUT2D eigenvalue weighted by Gasteiger charge is -2.16. The molecule has 2 heteroatoms. The summed E-state index contributed by atoms with van der Waals surface area (Å²) in [5, 5.41) is 4.33. The van der Waals surface area contributed by atoms with Gasteiger partial charge >= 0.3 is 0 Å². The molecule has 1 aliphatic rings. The molecule has 1 aromatic rings. The van der Waals surface area contributed by atoms with E-state index >= 15 is 0 Å². The fraction of sp³-hybridized carbons (Fsp3) is 0.727. The average Bonchev–Trinajstić information content (AvgIpc) is 2.71. The number of nitrogens with zero attached hydrogens (tertiary/aromatic N) is 2. The van der Waals surface area contributed by atoms with Crippen LogP contribution in [0.5, 0.6) is 0 Å². The second-order valence-electron chi connectivity index (χ2n) is 4.09. The first-order chi connectivity index (χ1) is 6.33. The molecule has 0 bridgehead atoms. The summed E-state index contributed by atoms with van der Waals surface area (Å²) >= 11 is 0. The molecule has 2 atom stereocenters. The number of aryl methyl sites for hydroxylation is 1. The Kier molecular flexibility index (Phi) is 2.38. The zero-order valence-corrected chi connectivity index (χ0v) is 8.53. The van der Waals surface area contributed by atoms with Gasteiger partial charge in [0.1, 0.15) is 0 Å². The zero-order chi connectivity index (χ0) is 9.26. The first kappa shape index (κ1) is 8.79. The van der Waals surface area contributed by atoms with E-state index < -0.39 is 0 Å². The normalized spacial score (nSPS) is 28.2. The van der Waals surface area contributed by atoms with Crippen LogP contribution in [0.2, 0.25) is 0 Å². The molecule has 1 heterocycles. The van der Waals surface area contributed by atoms with Crippen LogP contribution in [0.1, 0.15) is 44.7 Å². The number of aromatic nitrogens is 2. The molecule has 0 N–H and O–H groups in total. The van der Waals surface area contributed by atoms with Gasteiger partial charge in [-0.25, -0.2) is 0 Å². The van der Waals surface area contributed by atoms with Crippen LogP contribution in [0.25, 0.3) is 0 Å². The fourth-order valence-electron chi connectivity index (χ4n) is 2.51. The van der Waals surface area contributed by atoms with E-state index in [4.69, 9.17) is 0 Å². The van der Waals surface area contributed by atoms with Crippen molar-refractivity contribution in [1.29, 1.82) is 0 Å². The van der Waals surface area contributed by atoms with Crippen molar-refractivity contribution >= 4 is 0 Å². The van der Waals surface area contributed by atoms with Gasteiger partial charge in [-0.3, -0.25) is 4.68 Å². The Hall–Kier alpha value is -0.790. The number of rotatable bonds is 2. The Morgan fingerprint density at radius 1 is 1.54 bits per heavy atom. The molecule has 1 saturated carbocycles. The van der Waals surface area contributed by atoms with E-state index in [1.54, 1.807) is 0 Å². The molecule has 0 aromatic carbocycles. The van der Waals surface area contributed by atoms with Crippen LogP contribution in [0.4, 0.5) is 0 Å². The molecule has 13 heavy (non-hydrogen) atoms. The first-order valence-corrected chi connectivity index (χ1v) is 5.34. The minimum absolute atomic E-state index is 0.766. The van der Waals surface area contributed by atoms with Gasteiger partial charge in [-0.15, -0.1) is 0 Å². The van der Waals surface area contributed by atoms with Crippen LogP contribution < -0.4 is 0 Å². The van der Waals surface area contributed by atoms with Crippen molar-refractivity contribution in [2.24, 2.45) is 5.92 Å². The molecule has 0 spiro atoms. The summed E-state index contributed by atoms with van der Waals surface area (Å²) in [6.45, 7) is 5.53. The van der Waals surface area contributed by atoms with E-state index in [-0.39, 0.29) is 0 Å². The van der Waals surface area contributed by atoms with Crippen molar-refractivity contribution in [2.75, 3.05) is 0 Å². The third-order valence-electron chi connectivity index (χ3n) is 3.29. The monoisotopic (exact) mass is 178 g/mol. The van der Waals surface area contributed by atoms with Crippen molar-refractivity contribution in [3.8, 4) is 0 Å². The van der Waals surface area contributed by atoms with E-state index in [0.717, 1.165) is 18.4 Å². The highest BCUT2D eigenvalue weighted by molar-refractivity contribution is 5.10. The highest BCUT2D eigenvalue weighted by Crippen LogP contribution is 2.38. The van der Waals surface area contributed by atoms with Gasteiger partial charge in [-0.2, -0.15) is 5.10 Å². The molecular weight excluding hydrogens is 160 g/mol. The summed E-state index contributed by atoms with van der Waals surface area (Å²) in [6.07, 6.45) is 6.07. The smallest absolute Gasteiger partial charge is 0.0492 e. The quantitative estimate of drug-likeness (QED) is 0.681. The highest BCUT2D eigenvalue weighted by atomic mass is 15.3. The van der Waals surface area contributed by atoms with E-state index in [2.05, 4.69) is 29.7 Å². The molecule has 1 fully saturated rings. The molecule has 2 rings (SSSR count). The summed E-state index contributed by atoms with van der Waals surface area (Å²) in [5.74, 6) is 1.62. The Morgan fingerprint density at radius 3 is 3.00 bits per heavy atom. The summed E-state index contributed by atoms with van der Waals surface area (Å²) in [7, 11) is 0. The van der Waals surface area contributed by atoms with E-state index in [1.165, 1.54) is 25.0 Å². The predicted molar refractivity (Wildman–Crippen MR) is 53.7 cm³/mol. The van der Waals surface area contributed by atoms with Crippen LogP contribution in [0.3, 0.4) is 0 Å². The topological polar surface area (TPSA) is 17.8 Å². The van der Waals surface area contributed by atoms with Gasteiger partial charge in [0.05, 0.1) is 0 Å². The molecule has 2 nitrogen and oxygen atoms in total. The van der Waals surface area contributed by atoms with Crippen LogP contribution >= 0.6 is 0 Å². The summed E-state index contributed by atoms with van der Waals surface area (Å²) in [5.41, 5.74) is 1.45. The maximum atomic E-state index is 4.33. The van der Waals surface area contributed by atoms with Gasteiger partial charge in [0.2, 0.25) is 0 Å². The van der Waals surface area contributed by atoms with E-state index in [0.29, 0.717) is 0 Å². The first-order valence-electron chi connectivity index (χ1n) is 5.34. The Bertz CT molecular complexity index is 277. The fourth-order valence-corrected chi connectivity index (χ4v) is 2.51. The third-order valence-corrected chi connectivity index (χ3v) is 3.29. The van der Waals surface area contributed by atoms with Crippen molar-refractivity contribution < 1.29 is 0 Å². The van der Waals surface area contributed by atoms with Crippen molar-refractivity contribution in [3.05, 3.63) is 18.0 Å². The van der Waals surface area contributed by atoms with Gasteiger partial charge in [0.15, 0.2) is 0 Å². The molecule has 0 unspecified atom stereocenters. The van der Waals surface area contributed by atoms with Crippen LogP contribution in [0, 0.1) is 5.92 Å². The molecule has 0 saturated heterocycles. The van der Waals surface area contributed by atoms with Crippen molar-refractivity contribution in [1.82, 2.24) is 9.78 Å².